The highest BCUT2D eigenvalue weighted by atomic mass is 32.2. The van der Waals surface area contributed by atoms with Crippen molar-refractivity contribution in [1.82, 2.24) is 4.90 Å². The molecule has 2 aliphatic rings. The monoisotopic (exact) mass is 459 g/mol. The van der Waals surface area contributed by atoms with E-state index in [4.69, 9.17) is 4.74 Å². The summed E-state index contributed by atoms with van der Waals surface area (Å²) >= 11 is 1.78. The highest BCUT2D eigenvalue weighted by molar-refractivity contribution is 8.00. The second-order valence-electron chi connectivity index (χ2n) is 9.38. The molecule has 0 N–H and O–H groups in total. The minimum Gasteiger partial charge on any atom is -0.464 e. The van der Waals surface area contributed by atoms with Gasteiger partial charge in [-0.2, -0.15) is 0 Å². The zero-order valence-electron chi connectivity index (χ0n) is 20.0. The second kappa shape index (κ2) is 13.3. The minimum absolute atomic E-state index is 0.0134. The molecule has 1 aromatic carbocycles. The Morgan fingerprint density at radius 1 is 0.969 bits per heavy atom. The van der Waals surface area contributed by atoms with E-state index in [2.05, 4.69) is 26.0 Å². The summed E-state index contributed by atoms with van der Waals surface area (Å²) in [5, 5.41) is 0.0836. The van der Waals surface area contributed by atoms with E-state index in [-0.39, 0.29) is 17.3 Å². The predicted molar refractivity (Wildman–Crippen MR) is 133 cm³/mol. The molecule has 1 heterocycles. The Labute approximate surface area is 198 Å². The molecule has 0 aromatic heterocycles. The number of thioether (sulfide) groups is 1. The van der Waals surface area contributed by atoms with Crippen molar-refractivity contribution < 1.29 is 14.3 Å². The van der Waals surface area contributed by atoms with Gasteiger partial charge in [0.25, 0.3) is 5.91 Å². The zero-order chi connectivity index (χ0) is 22.8. The van der Waals surface area contributed by atoms with E-state index >= 15 is 0 Å². The van der Waals surface area contributed by atoms with Crippen molar-refractivity contribution in [2.45, 2.75) is 102 Å². The third kappa shape index (κ3) is 6.76. The summed E-state index contributed by atoms with van der Waals surface area (Å²) in [6, 6.07) is 7.62. The topological polar surface area (TPSA) is 46.6 Å². The molecule has 1 aromatic rings. The number of hydrogen-bond acceptors (Lipinski definition) is 4. The van der Waals surface area contributed by atoms with Crippen LogP contribution in [-0.2, 0) is 16.0 Å². The van der Waals surface area contributed by atoms with Crippen LogP contribution in [-0.4, -0.2) is 40.6 Å². The summed E-state index contributed by atoms with van der Waals surface area (Å²) < 4.78 is 5.56. The summed E-state index contributed by atoms with van der Waals surface area (Å²) in [4.78, 5) is 28.4. The Kier molecular flexibility index (Phi) is 10.4. The van der Waals surface area contributed by atoms with Gasteiger partial charge in [-0.3, -0.25) is 4.79 Å². The van der Waals surface area contributed by atoms with Crippen molar-refractivity contribution in [2.24, 2.45) is 5.92 Å². The molecule has 178 valence electrons. The van der Waals surface area contributed by atoms with Gasteiger partial charge in [-0.15, -0.1) is 11.8 Å². The zero-order valence-corrected chi connectivity index (χ0v) is 20.8. The van der Waals surface area contributed by atoms with Gasteiger partial charge in [0.1, 0.15) is 6.04 Å². The molecule has 0 spiro atoms. The lowest BCUT2D eigenvalue weighted by Crippen LogP contribution is -2.48. The Morgan fingerprint density at radius 3 is 2.38 bits per heavy atom. The molecule has 2 fully saturated rings. The number of esters is 1. The van der Waals surface area contributed by atoms with Crippen molar-refractivity contribution >= 4 is 23.6 Å². The smallest absolute Gasteiger partial charge is 0.329 e. The van der Waals surface area contributed by atoms with Crippen LogP contribution in [0.1, 0.15) is 100 Å². The van der Waals surface area contributed by atoms with E-state index in [1.54, 1.807) is 11.8 Å². The summed E-state index contributed by atoms with van der Waals surface area (Å²) in [5.74, 6) is 0.877. The van der Waals surface area contributed by atoms with Gasteiger partial charge >= 0.3 is 5.97 Å². The van der Waals surface area contributed by atoms with E-state index in [0.29, 0.717) is 23.8 Å². The summed E-state index contributed by atoms with van der Waals surface area (Å²) in [6.07, 6.45) is 13.9. The molecule has 32 heavy (non-hydrogen) atoms. The number of nitrogens with zero attached hydrogens (tertiary/aromatic N) is 1. The van der Waals surface area contributed by atoms with Crippen molar-refractivity contribution in [1.29, 1.82) is 0 Å². The molecule has 3 rings (SSSR count). The molecule has 4 nitrogen and oxygen atoms in total. The van der Waals surface area contributed by atoms with Crippen molar-refractivity contribution in [3.8, 4) is 0 Å². The van der Waals surface area contributed by atoms with Crippen LogP contribution < -0.4 is 0 Å². The summed E-state index contributed by atoms with van der Waals surface area (Å²) in [6.45, 7) is 4.76. The molecule has 5 heteroatoms. The normalized spacial score (nSPS) is 21.6. The number of unbranched alkanes of at least 4 members (excludes halogenated alkanes) is 4. The number of carbonyl (C=O) groups excluding carboxylic acids is 2. The van der Waals surface area contributed by atoms with Crippen LogP contribution in [0.25, 0.3) is 0 Å². The second-order valence-corrected chi connectivity index (χ2v) is 10.5. The molecular weight excluding hydrogens is 418 g/mol. The van der Waals surface area contributed by atoms with Gasteiger partial charge in [0.15, 0.2) is 0 Å². The number of amides is 1. The Morgan fingerprint density at radius 2 is 1.69 bits per heavy atom. The first-order chi connectivity index (χ1) is 15.7. The Hall–Kier alpha value is -1.49. The largest absolute Gasteiger partial charge is 0.464 e. The predicted octanol–water partition coefficient (Wildman–Crippen LogP) is 6.62. The quantitative estimate of drug-likeness (QED) is 0.276. The molecule has 0 bridgehead atoms. The third-order valence-electron chi connectivity index (χ3n) is 6.86. The maximum Gasteiger partial charge on any atom is 0.329 e. The molecule has 2 unspecified atom stereocenters. The van der Waals surface area contributed by atoms with Crippen LogP contribution in [0.3, 0.4) is 0 Å². The number of ether oxygens (including phenoxy) is 1. The van der Waals surface area contributed by atoms with Gasteiger partial charge in [0, 0.05) is 11.3 Å². The van der Waals surface area contributed by atoms with Gasteiger partial charge in [-0.05, 0) is 55.7 Å². The van der Waals surface area contributed by atoms with Crippen LogP contribution >= 0.6 is 11.8 Å². The number of carbonyl (C=O) groups is 2. The number of benzene rings is 1. The van der Waals surface area contributed by atoms with Gasteiger partial charge < -0.3 is 9.64 Å². The van der Waals surface area contributed by atoms with Crippen LogP contribution in [0, 0.1) is 5.92 Å². The molecule has 1 amide bonds. The van der Waals surface area contributed by atoms with Crippen molar-refractivity contribution in [3.63, 3.8) is 0 Å². The van der Waals surface area contributed by atoms with E-state index in [9.17, 15) is 9.59 Å². The van der Waals surface area contributed by atoms with Crippen molar-refractivity contribution in [2.75, 3.05) is 12.4 Å². The first-order valence-electron chi connectivity index (χ1n) is 12.9. The van der Waals surface area contributed by atoms with E-state index in [1.165, 1.54) is 50.5 Å². The lowest BCUT2D eigenvalue weighted by atomic mass is 9.88. The fraction of sp³-hybridized carbons (Fsp3) is 0.704. The van der Waals surface area contributed by atoms with Gasteiger partial charge in [0.05, 0.1) is 12.0 Å². The van der Waals surface area contributed by atoms with Crippen LogP contribution in [0.2, 0.25) is 0 Å². The first kappa shape index (κ1) is 25.1. The van der Waals surface area contributed by atoms with E-state index in [1.807, 2.05) is 17.0 Å². The average molecular weight is 460 g/mol. The van der Waals surface area contributed by atoms with Gasteiger partial charge in [-0.25, -0.2) is 4.79 Å². The lowest BCUT2D eigenvalue weighted by molar-refractivity contribution is -0.148. The van der Waals surface area contributed by atoms with Crippen LogP contribution in [0.4, 0.5) is 0 Å². The first-order valence-corrected chi connectivity index (χ1v) is 13.9. The Bertz CT molecular complexity index is 714. The minimum atomic E-state index is -0.468. The number of aryl methyl sites for hydroxylation is 1. The van der Waals surface area contributed by atoms with E-state index in [0.717, 1.165) is 32.1 Å². The molecule has 1 saturated carbocycles. The van der Waals surface area contributed by atoms with Crippen molar-refractivity contribution in [3.05, 3.63) is 35.4 Å². The molecule has 1 aliphatic heterocycles. The van der Waals surface area contributed by atoms with E-state index < -0.39 is 6.04 Å². The van der Waals surface area contributed by atoms with Gasteiger partial charge in [-0.1, -0.05) is 70.9 Å². The fourth-order valence-corrected chi connectivity index (χ4v) is 6.50. The molecule has 0 radical (unpaired) electrons. The van der Waals surface area contributed by atoms with Crippen LogP contribution in [0.5, 0.6) is 0 Å². The molecule has 2 atom stereocenters. The molecular formula is C27H41NO3S. The van der Waals surface area contributed by atoms with Gasteiger partial charge in [0.2, 0.25) is 0 Å². The van der Waals surface area contributed by atoms with Crippen LogP contribution in [0.15, 0.2) is 24.3 Å². The third-order valence-corrected chi connectivity index (χ3v) is 8.32. The standard InChI is InChI=1S/C27H41NO3S/c1-3-5-7-9-12-21-15-17-22(18-16-21)25(29)28-24(27(30)31-19-6-4-2)20-32-26(28)23-13-10-8-11-14-23/h15-18,23-24,26H,3-14,19-20H2,1-2H3. The number of hydrogen-bond donors (Lipinski definition) is 0. The molecule has 1 saturated heterocycles. The Balaban J connectivity index is 1.71. The maximum absolute atomic E-state index is 13.7. The summed E-state index contributed by atoms with van der Waals surface area (Å²) in [5.41, 5.74) is 1.98. The average Bonchev–Trinajstić information content (AvgIpc) is 3.28. The summed E-state index contributed by atoms with van der Waals surface area (Å²) in [7, 11) is 0. The number of rotatable bonds is 11. The lowest BCUT2D eigenvalue weighted by Gasteiger charge is -2.35. The highest BCUT2D eigenvalue weighted by Gasteiger charge is 2.45. The fourth-order valence-electron chi connectivity index (χ4n) is 4.88. The highest BCUT2D eigenvalue weighted by Crippen LogP contribution is 2.41. The molecule has 1 aliphatic carbocycles. The SMILES string of the molecule is CCCCCCc1ccc(C(=O)N2C(C(=O)OCCCC)CSC2C2CCCCC2)cc1. The maximum atomic E-state index is 13.7.